The molecule has 7 nitrogen and oxygen atoms in total. The lowest BCUT2D eigenvalue weighted by molar-refractivity contribution is -0.143. The molecule has 0 aliphatic heterocycles. The molecule has 0 amide bonds. The Morgan fingerprint density at radius 3 is 1.98 bits per heavy atom. The summed E-state index contributed by atoms with van der Waals surface area (Å²) in [6.07, 6.45) is 9.04. The number of aliphatic hydroxyl groups excluding tert-OH is 1. The van der Waals surface area contributed by atoms with E-state index in [1.807, 2.05) is 32.1 Å². The number of carbonyl (C=O) groups excluding carboxylic acids is 3. The van der Waals surface area contributed by atoms with Gasteiger partial charge in [0.25, 0.3) is 0 Å². The number of benzene rings is 2. The van der Waals surface area contributed by atoms with Crippen LogP contribution in [0.15, 0.2) is 72.8 Å². The van der Waals surface area contributed by atoms with Crippen molar-refractivity contribution in [2.24, 2.45) is 11.8 Å². The van der Waals surface area contributed by atoms with Crippen molar-refractivity contribution in [3.8, 4) is 0 Å². The summed E-state index contributed by atoms with van der Waals surface area (Å²) in [5, 5.41) is 10.7. The number of hydrogen-bond donors (Lipinski definition) is 1. The minimum absolute atomic E-state index is 0.0564. The van der Waals surface area contributed by atoms with Crippen molar-refractivity contribution in [2.75, 3.05) is 6.61 Å². The van der Waals surface area contributed by atoms with Gasteiger partial charge in [-0.2, -0.15) is 0 Å². The molecule has 0 aromatic heterocycles. The zero-order valence-corrected chi connectivity index (χ0v) is 24.3. The highest BCUT2D eigenvalue weighted by molar-refractivity contribution is 5.90. The zero-order valence-electron chi connectivity index (χ0n) is 24.3. The van der Waals surface area contributed by atoms with Crippen LogP contribution >= 0.6 is 0 Å². The molecule has 0 spiro atoms. The summed E-state index contributed by atoms with van der Waals surface area (Å²) in [4.78, 5) is 37.2. The van der Waals surface area contributed by atoms with E-state index < -0.39 is 30.3 Å². The first-order valence-corrected chi connectivity index (χ1v) is 15.0. The molecule has 0 unspecified atom stereocenters. The van der Waals surface area contributed by atoms with Crippen LogP contribution in [0, 0.1) is 11.8 Å². The van der Waals surface area contributed by atoms with Crippen molar-refractivity contribution >= 4 is 17.9 Å². The van der Waals surface area contributed by atoms with Gasteiger partial charge >= 0.3 is 17.9 Å². The third-order valence-corrected chi connectivity index (χ3v) is 7.61. The van der Waals surface area contributed by atoms with Crippen LogP contribution in [0.1, 0.15) is 92.4 Å². The summed E-state index contributed by atoms with van der Waals surface area (Å²) < 4.78 is 16.9. The molecule has 2 aromatic rings. The van der Waals surface area contributed by atoms with Crippen LogP contribution in [-0.2, 0) is 19.0 Å². The lowest BCUT2D eigenvalue weighted by atomic mass is 9.90. The summed E-state index contributed by atoms with van der Waals surface area (Å²) in [7, 11) is 0. The van der Waals surface area contributed by atoms with Crippen molar-refractivity contribution in [1.82, 2.24) is 0 Å². The van der Waals surface area contributed by atoms with E-state index in [1.165, 1.54) is 0 Å². The molecule has 1 saturated carbocycles. The first kappa shape index (κ1) is 32.1. The van der Waals surface area contributed by atoms with Crippen molar-refractivity contribution < 1.29 is 33.7 Å². The fourth-order valence-electron chi connectivity index (χ4n) is 5.45. The van der Waals surface area contributed by atoms with Gasteiger partial charge in [0.1, 0.15) is 12.2 Å². The molecule has 1 N–H and O–H groups in total. The van der Waals surface area contributed by atoms with Crippen molar-refractivity contribution in [3.05, 3.63) is 83.9 Å². The van der Waals surface area contributed by atoms with Gasteiger partial charge < -0.3 is 19.3 Å². The smallest absolute Gasteiger partial charge is 0.338 e. The van der Waals surface area contributed by atoms with E-state index in [0.717, 1.165) is 38.5 Å². The van der Waals surface area contributed by atoms with E-state index in [2.05, 4.69) is 0 Å². The maximum atomic E-state index is 12.9. The molecule has 1 fully saturated rings. The molecule has 41 heavy (non-hydrogen) atoms. The van der Waals surface area contributed by atoms with Gasteiger partial charge in [0, 0.05) is 24.7 Å². The van der Waals surface area contributed by atoms with Gasteiger partial charge in [0.2, 0.25) is 0 Å². The molecular formula is C34H44O7. The average molecular weight is 565 g/mol. The molecule has 7 heteroatoms. The van der Waals surface area contributed by atoms with Crippen LogP contribution in [0.2, 0.25) is 0 Å². The van der Waals surface area contributed by atoms with E-state index in [0.29, 0.717) is 37.0 Å². The lowest BCUT2D eigenvalue weighted by Crippen LogP contribution is -2.26. The Kier molecular flexibility index (Phi) is 13.6. The van der Waals surface area contributed by atoms with Gasteiger partial charge in [0.15, 0.2) is 0 Å². The zero-order chi connectivity index (χ0) is 29.5. The Hall–Kier alpha value is -3.45. The molecule has 0 saturated heterocycles. The third-order valence-electron chi connectivity index (χ3n) is 7.61. The SMILES string of the molecule is CCOC(=O)CCCCCCC[C@@H](O)/C=C/[C@H]1[C@@H](CC)[C@H](OC(=O)c2ccccc2)C[C@@H]1OC(=O)c1ccccc1. The molecule has 2 aromatic carbocycles. The number of carbonyl (C=O) groups is 3. The van der Waals surface area contributed by atoms with E-state index >= 15 is 0 Å². The van der Waals surface area contributed by atoms with Crippen molar-refractivity contribution in [1.29, 1.82) is 0 Å². The Morgan fingerprint density at radius 1 is 0.829 bits per heavy atom. The predicted octanol–water partition coefficient (Wildman–Crippen LogP) is 6.69. The Bertz CT molecular complexity index is 1100. The number of ether oxygens (including phenoxy) is 3. The van der Waals surface area contributed by atoms with Crippen molar-refractivity contribution in [2.45, 2.75) is 89.9 Å². The first-order valence-electron chi connectivity index (χ1n) is 15.0. The van der Waals surface area contributed by atoms with E-state index in [9.17, 15) is 19.5 Å². The van der Waals surface area contributed by atoms with Crippen LogP contribution in [0.4, 0.5) is 0 Å². The van der Waals surface area contributed by atoms with E-state index in [-0.39, 0.29) is 17.8 Å². The number of esters is 3. The summed E-state index contributed by atoms with van der Waals surface area (Å²) in [6, 6.07) is 17.7. The third kappa shape index (κ3) is 10.5. The average Bonchev–Trinajstić information content (AvgIpc) is 3.31. The maximum Gasteiger partial charge on any atom is 0.338 e. The quantitative estimate of drug-likeness (QED) is 0.105. The standard InChI is InChI=1S/C34H44O7/c1-3-28-29(23-22-27(35)20-14-6-5-7-15-21-32(36)39-4-2)31(41-34(38)26-18-12-9-13-19-26)24-30(28)40-33(37)25-16-10-8-11-17-25/h8-13,16-19,22-23,27-31,35H,3-7,14-15,20-21,24H2,1-2H3/b23-22+/t27-,28-,29+,30-,31+/m1/s1. The molecule has 0 radical (unpaired) electrons. The summed E-state index contributed by atoms with van der Waals surface area (Å²) >= 11 is 0. The Balaban J connectivity index is 1.58. The van der Waals surface area contributed by atoms with Crippen LogP contribution in [0.5, 0.6) is 0 Å². The number of rotatable bonds is 16. The monoisotopic (exact) mass is 564 g/mol. The second-order valence-corrected chi connectivity index (χ2v) is 10.6. The lowest BCUT2D eigenvalue weighted by Gasteiger charge is -2.23. The highest BCUT2D eigenvalue weighted by Crippen LogP contribution is 2.40. The molecule has 0 heterocycles. The van der Waals surface area contributed by atoms with Crippen LogP contribution < -0.4 is 0 Å². The predicted molar refractivity (Wildman–Crippen MR) is 157 cm³/mol. The summed E-state index contributed by atoms with van der Waals surface area (Å²) in [6.45, 7) is 4.26. The fourth-order valence-corrected chi connectivity index (χ4v) is 5.45. The highest BCUT2D eigenvalue weighted by atomic mass is 16.6. The molecular weight excluding hydrogens is 520 g/mol. The summed E-state index contributed by atoms with van der Waals surface area (Å²) in [5.41, 5.74) is 0.950. The Labute approximate surface area is 243 Å². The highest BCUT2D eigenvalue weighted by Gasteiger charge is 2.45. The number of unbranched alkanes of at least 4 members (excludes halogenated alkanes) is 4. The molecule has 1 aliphatic carbocycles. The largest absolute Gasteiger partial charge is 0.466 e. The van der Waals surface area contributed by atoms with Gasteiger partial charge in [-0.15, -0.1) is 0 Å². The molecule has 1 aliphatic rings. The summed E-state index contributed by atoms with van der Waals surface area (Å²) in [5.74, 6) is -1.20. The number of aliphatic hydroxyl groups is 1. The second kappa shape index (κ2) is 17.4. The van der Waals surface area contributed by atoms with Gasteiger partial charge in [-0.3, -0.25) is 4.79 Å². The van der Waals surface area contributed by atoms with Gasteiger partial charge in [-0.25, -0.2) is 9.59 Å². The second-order valence-electron chi connectivity index (χ2n) is 10.6. The fraction of sp³-hybridized carbons (Fsp3) is 0.500. The van der Waals surface area contributed by atoms with Gasteiger partial charge in [-0.1, -0.05) is 81.2 Å². The van der Waals surface area contributed by atoms with Crippen LogP contribution in [0.25, 0.3) is 0 Å². The molecule has 222 valence electrons. The first-order chi connectivity index (χ1) is 19.9. The van der Waals surface area contributed by atoms with E-state index in [1.54, 1.807) is 54.6 Å². The Morgan fingerprint density at radius 2 is 1.39 bits per heavy atom. The molecule has 3 rings (SSSR count). The van der Waals surface area contributed by atoms with Gasteiger partial charge in [-0.05, 0) is 50.5 Å². The minimum Gasteiger partial charge on any atom is -0.466 e. The van der Waals surface area contributed by atoms with Crippen molar-refractivity contribution in [3.63, 3.8) is 0 Å². The molecule has 5 atom stereocenters. The van der Waals surface area contributed by atoms with Crippen LogP contribution in [-0.4, -0.2) is 47.9 Å². The van der Waals surface area contributed by atoms with Crippen LogP contribution in [0.3, 0.4) is 0 Å². The minimum atomic E-state index is -0.622. The number of hydrogen-bond acceptors (Lipinski definition) is 7. The topological polar surface area (TPSA) is 99.1 Å². The van der Waals surface area contributed by atoms with Gasteiger partial charge in [0.05, 0.1) is 23.8 Å². The molecule has 0 bridgehead atoms. The maximum absolute atomic E-state index is 12.9. The normalized spacial score (nSPS) is 21.0. The van der Waals surface area contributed by atoms with E-state index in [4.69, 9.17) is 14.2 Å².